The molecule has 0 radical (unpaired) electrons. The van der Waals surface area contributed by atoms with E-state index in [0.29, 0.717) is 44.2 Å². The first-order valence-electron chi connectivity index (χ1n) is 16.6. The van der Waals surface area contributed by atoms with Crippen LogP contribution in [-0.2, 0) is 40.1 Å². The number of likely N-dealkylation sites (tertiary alicyclic amines) is 1. The van der Waals surface area contributed by atoms with Gasteiger partial charge in [-0.15, -0.1) is 0 Å². The lowest BCUT2D eigenvalue weighted by atomic mass is 9.71. The van der Waals surface area contributed by atoms with Gasteiger partial charge in [-0.25, -0.2) is 4.79 Å². The molecule has 2 heterocycles. The normalized spacial score (nSPS) is 20.3. The summed E-state index contributed by atoms with van der Waals surface area (Å²) < 4.78 is 16.0. The summed E-state index contributed by atoms with van der Waals surface area (Å²) in [6.45, 7) is 10.8. The van der Waals surface area contributed by atoms with Crippen molar-refractivity contribution >= 4 is 36.1 Å². The number of nitrogens with zero attached hydrogens (tertiary/aromatic N) is 1. The van der Waals surface area contributed by atoms with Crippen molar-refractivity contribution in [1.82, 2.24) is 15.5 Å². The molecule has 4 amide bonds. The number of nitrogens with one attached hydrogen (secondary N) is 2. The summed E-state index contributed by atoms with van der Waals surface area (Å²) in [5.41, 5.74) is 0.248. The predicted molar refractivity (Wildman–Crippen MR) is 174 cm³/mol. The molecule has 3 atom stereocenters. The number of carbonyl (C=O) groups is 6. The third-order valence-electron chi connectivity index (χ3n) is 8.53. The number of carbonyl (C=O) groups excluding carboxylic acids is 5. The molecule has 268 valence electrons. The quantitative estimate of drug-likeness (QED) is 0.107. The summed E-state index contributed by atoms with van der Waals surface area (Å²) in [4.78, 5) is 73.8. The van der Waals surface area contributed by atoms with Crippen molar-refractivity contribution in [1.29, 1.82) is 0 Å². The number of imide groups is 1. The van der Waals surface area contributed by atoms with Gasteiger partial charge in [0.15, 0.2) is 6.10 Å². The number of rotatable bonds is 17. The van der Waals surface area contributed by atoms with E-state index in [1.807, 2.05) is 34.6 Å². The number of hydrogen-bond acceptors (Lipinski definition) is 10. The monoisotopic (exact) mass is 677 g/mol. The number of carboxylic acids is 1. The second-order valence-corrected chi connectivity index (χ2v) is 12.4. The third-order valence-corrected chi connectivity index (χ3v) is 8.53. The lowest BCUT2D eigenvalue weighted by Crippen LogP contribution is -2.48. The summed E-state index contributed by atoms with van der Waals surface area (Å²) in [5, 5.41) is 24.8. The number of ether oxygens (including phenoxy) is 3. The molecule has 2 fully saturated rings. The average Bonchev–Trinajstić information content (AvgIpc) is 3.04. The van der Waals surface area contributed by atoms with Crippen LogP contribution in [-0.4, -0.2) is 89.3 Å². The SMILES string of the molecule is CC.CC(C)C1(C)CC(=O)N(CCCCCC(=O)NCCNC(=O)c2cc(COC=O)ccc2OC2CC(O)CC(C(=O)O)O2)C(=O)C1. The number of benzene rings is 1. The maximum Gasteiger partial charge on any atom is 0.333 e. The molecule has 0 bridgehead atoms. The first-order chi connectivity index (χ1) is 22.8. The van der Waals surface area contributed by atoms with Crippen LogP contribution >= 0.6 is 0 Å². The number of aliphatic hydroxyl groups excluding tert-OH is 1. The number of carboxylic acid groups (broad SMARTS) is 1. The lowest BCUT2D eigenvalue weighted by molar-refractivity contribution is -0.195. The van der Waals surface area contributed by atoms with Gasteiger partial charge in [0, 0.05) is 51.7 Å². The van der Waals surface area contributed by atoms with Gasteiger partial charge in [-0.3, -0.25) is 28.9 Å². The van der Waals surface area contributed by atoms with Crippen LogP contribution in [0.1, 0.15) is 102 Å². The lowest BCUT2D eigenvalue weighted by Gasteiger charge is -2.40. The van der Waals surface area contributed by atoms with E-state index in [1.165, 1.54) is 17.0 Å². The highest BCUT2D eigenvalue weighted by molar-refractivity contribution is 5.98. The van der Waals surface area contributed by atoms with Crippen LogP contribution in [0.5, 0.6) is 5.75 Å². The minimum atomic E-state index is -1.26. The first-order valence-corrected chi connectivity index (χ1v) is 16.6. The van der Waals surface area contributed by atoms with Crippen LogP contribution in [0.4, 0.5) is 0 Å². The Kier molecular flexibility index (Phi) is 16.5. The Labute approximate surface area is 281 Å². The topological polar surface area (TPSA) is 198 Å². The zero-order chi connectivity index (χ0) is 35.9. The average molecular weight is 678 g/mol. The number of unbranched alkanes of at least 4 members (excludes halogenated alkanes) is 2. The highest BCUT2D eigenvalue weighted by Gasteiger charge is 2.42. The molecule has 3 unspecified atom stereocenters. The molecular weight excluding hydrogens is 626 g/mol. The van der Waals surface area contributed by atoms with E-state index >= 15 is 0 Å². The smallest absolute Gasteiger partial charge is 0.333 e. The van der Waals surface area contributed by atoms with Gasteiger partial charge in [0.25, 0.3) is 12.4 Å². The van der Waals surface area contributed by atoms with Crippen LogP contribution < -0.4 is 15.4 Å². The van der Waals surface area contributed by atoms with Crippen LogP contribution in [0.2, 0.25) is 0 Å². The molecule has 14 heteroatoms. The van der Waals surface area contributed by atoms with Crippen LogP contribution in [0.3, 0.4) is 0 Å². The molecule has 0 aromatic heterocycles. The van der Waals surface area contributed by atoms with E-state index in [2.05, 4.69) is 10.6 Å². The fraction of sp³-hybridized carbons (Fsp3) is 0.647. The Morgan fingerprint density at radius 3 is 2.35 bits per heavy atom. The van der Waals surface area contributed by atoms with Crippen LogP contribution in [0.25, 0.3) is 0 Å². The zero-order valence-corrected chi connectivity index (χ0v) is 28.6. The van der Waals surface area contributed by atoms with Crippen molar-refractivity contribution in [2.24, 2.45) is 11.3 Å². The Balaban J connectivity index is 0.00000392. The molecule has 1 aromatic rings. The van der Waals surface area contributed by atoms with Crippen molar-refractivity contribution in [3.8, 4) is 5.75 Å². The highest BCUT2D eigenvalue weighted by Crippen LogP contribution is 2.39. The van der Waals surface area contributed by atoms with Gasteiger partial charge >= 0.3 is 5.97 Å². The molecule has 14 nitrogen and oxygen atoms in total. The Bertz CT molecular complexity index is 1250. The molecule has 4 N–H and O–H groups in total. The van der Waals surface area contributed by atoms with Gasteiger partial charge in [-0.1, -0.05) is 47.1 Å². The second kappa shape index (κ2) is 19.7. The highest BCUT2D eigenvalue weighted by atomic mass is 16.7. The van der Waals surface area contributed by atoms with E-state index in [9.17, 15) is 39.0 Å². The summed E-state index contributed by atoms with van der Waals surface area (Å²) in [6.07, 6.45) is -0.607. The van der Waals surface area contributed by atoms with Gasteiger partial charge in [0.05, 0.1) is 11.7 Å². The molecule has 0 saturated carbocycles. The molecule has 2 aliphatic heterocycles. The molecule has 1 aromatic carbocycles. The predicted octanol–water partition coefficient (Wildman–Crippen LogP) is 2.93. The largest absolute Gasteiger partial charge is 0.479 e. The standard InChI is InChI=1S/C32H45N3O11.C2H6/c1-20(2)32(3)16-27(39)35(28(40)17-32)12-6-4-5-7-26(38)33-10-11-34-30(41)23-13-21(18-44-19-36)8-9-24(23)45-29-15-22(37)14-25(46-29)31(42)43;1-2/h8-9,13,19-20,22,25,29,37H,4-7,10-12,14-18H2,1-3H3,(H,33,38)(H,34,41)(H,42,43);1-2H3. The van der Waals surface area contributed by atoms with E-state index in [1.54, 1.807) is 6.07 Å². The zero-order valence-electron chi connectivity index (χ0n) is 28.6. The van der Waals surface area contributed by atoms with E-state index in [0.717, 1.165) is 0 Å². The van der Waals surface area contributed by atoms with Crippen molar-refractivity contribution in [2.75, 3.05) is 19.6 Å². The molecular formula is C34H51N3O11. The molecule has 0 aliphatic carbocycles. The Morgan fingerprint density at radius 1 is 1.06 bits per heavy atom. The number of hydrogen-bond donors (Lipinski definition) is 4. The van der Waals surface area contributed by atoms with E-state index in [4.69, 9.17) is 14.2 Å². The second-order valence-electron chi connectivity index (χ2n) is 12.4. The maximum absolute atomic E-state index is 13.1. The van der Waals surface area contributed by atoms with Crippen LogP contribution in [0, 0.1) is 11.3 Å². The van der Waals surface area contributed by atoms with E-state index < -0.39 is 30.4 Å². The van der Waals surface area contributed by atoms with Gasteiger partial charge in [-0.2, -0.15) is 0 Å². The van der Waals surface area contributed by atoms with Crippen molar-refractivity contribution in [3.05, 3.63) is 29.3 Å². The van der Waals surface area contributed by atoms with Gasteiger partial charge < -0.3 is 35.1 Å². The molecule has 48 heavy (non-hydrogen) atoms. The molecule has 0 spiro atoms. The minimum Gasteiger partial charge on any atom is -0.479 e. The number of aliphatic carboxylic acids is 1. The number of aliphatic hydroxyl groups is 1. The summed E-state index contributed by atoms with van der Waals surface area (Å²) >= 11 is 0. The Morgan fingerprint density at radius 2 is 1.73 bits per heavy atom. The fourth-order valence-electron chi connectivity index (χ4n) is 5.35. The molecule has 2 saturated heterocycles. The Hall–Kier alpha value is -4.04. The summed E-state index contributed by atoms with van der Waals surface area (Å²) in [7, 11) is 0. The summed E-state index contributed by atoms with van der Waals surface area (Å²) in [6, 6.07) is 4.48. The third kappa shape index (κ3) is 12.2. The van der Waals surface area contributed by atoms with Crippen molar-refractivity contribution in [2.45, 2.75) is 111 Å². The van der Waals surface area contributed by atoms with Crippen LogP contribution in [0.15, 0.2) is 18.2 Å². The maximum atomic E-state index is 13.1. The number of amides is 4. The summed E-state index contributed by atoms with van der Waals surface area (Å²) in [5.74, 6) is -1.98. The number of piperidine rings is 1. The van der Waals surface area contributed by atoms with Crippen molar-refractivity contribution in [3.63, 3.8) is 0 Å². The molecule has 3 rings (SSSR count). The minimum absolute atomic E-state index is 0.000829. The van der Waals surface area contributed by atoms with Crippen molar-refractivity contribution < 1.29 is 53.2 Å². The van der Waals surface area contributed by atoms with Gasteiger partial charge in [0.1, 0.15) is 12.4 Å². The van der Waals surface area contributed by atoms with E-state index in [-0.39, 0.29) is 85.8 Å². The molecule has 2 aliphatic rings. The first kappa shape index (κ1) is 40.1. The fourth-order valence-corrected chi connectivity index (χ4v) is 5.35. The van der Waals surface area contributed by atoms with Gasteiger partial charge in [0.2, 0.25) is 24.0 Å². The van der Waals surface area contributed by atoms with Gasteiger partial charge in [-0.05, 0) is 41.9 Å².